The van der Waals surface area contributed by atoms with Gasteiger partial charge in [-0.15, -0.1) is 0 Å². The summed E-state index contributed by atoms with van der Waals surface area (Å²) >= 11 is 5.97. The second-order valence-electron chi connectivity index (χ2n) is 8.15. The molecule has 0 spiro atoms. The normalized spacial score (nSPS) is 31.4. The van der Waals surface area contributed by atoms with Crippen LogP contribution in [0, 0.1) is 23.7 Å². The van der Waals surface area contributed by atoms with E-state index in [4.69, 9.17) is 11.6 Å². The molecule has 2 saturated carbocycles. The van der Waals surface area contributed by atoms with E-state index >= 15 is 0 Å². The molecule has 24 heavy (non-hydrogen) atoms. The number of hydrogen-bond acceptors (Lipinski definition) is 0. The lowest BCUT2D eigenvalue weighted by Crippen LogP contribution is -2.25. The fraction of sp³-hybridized carbons (Fsp3) is 0.652. The molecule has 0 saturated heterocycles. The third-order valence-electron chi connectivity index (χ3n) is 6.59. The maximum atomic E-state index is 5.97. The molecular weight excluding hydrogens is 312 g/mol. The Hall–Kier alpha value is -0.750. The molecule has 0 aromatic heterocycles. The summed E-state index contributed by atoms with van der Waals surface area (Å²) in [6.45, 7) is 2.16. The van der Waals surface area contributed by atoms with Crippen molar-refractivity contribution in [1.82, 2.24) is 0 Å². The lowest BCUT2D eigenvalue weighted by molar-refractivity contribution is 0.152. The molecule has 0 nitrogen and oxygen atoms in total. The van der Waals surface area contributed by atoms with Gasteiger partial charge in [-0.2, -0.15) is 0 Å². The molecule has 2 aliphatic carbocycles. The Labute approximate surface area is 153 Å². The van der Waals surface area contributed by atoms with Crippen LogP contribution in [0.15, 0.2) is 36.4 Å². The van der Waals surface area contributed by atoms with Crippen LogP contribution in [0.4, 0.5) is 0 Å². The fourth-order valence-corrected chi connectivity index (χ4v) is 5.18. The van der Waals surface area contributed by atoms with Crippen molar-refractivity contribution < 1.29 is 0 Å². The first-order chi connectivity index (χ1) is 11.7. The van der Waals surface area contributed by atoms with Crippen LogP contribution < -0.4 is 0 Å². The van der Waals surface area contributed by atoms with Gasteiger partial charge >= 0.3 is 0 Å². The number of hydrogen-bond donors (Lipinski definition) is 0. The summed E-state index contributed by atoms with van der Waals surface area (Å²) < 4.78 is 0. The predicted octanol–water partition coefficient (Wildman–Crippen LogP) is 7.46. The molecule has 0 atom stereocenters. The summed E-state index contributed by atoms with van der Waals surface area (Å²) in [7, 11) is 0. The highest BCUT2D eigenvalue weighted by Crippen LogP contribution is 2.42. The molecule has 132 valence electrons. The minimum atomic E-state index is 0.850. The van der Waals surface area contributed by atoms with Crippen LogP contribution in [0.3, 0.4) is 0 Å². The minimum absolute atomic E-state index is 0.850. The van der Waals surface area contributed by atoms with Gasteiger partial charge in [0, 0.05) is 5.02 Å². The Morgan fingerprint density at radius 2 is 1.46 bits per heavy atom. The fourth-order valence-electron chi connectivity index (χ4n) is 5.05. The Morgan fingerprint density at radius 1 is 0.875 bits per heavy atom. The molecular formula is C23H33Cl. The third kappa shape index (κ3) is 5.12. The van der Waals surface area contributed by atoms with E-state index in [2.05, 4.69) is 31.2 Å². The van der Waals surface area contributed by atoms with E-state index < -0.39 is 0 Å². The van der Waals surface area contributed by atoms with E-state index in [-0.39, 0.29) is 0 Å². The first-order valence-corrected chi connectivity index (χ1v) is 10.5. The molecule has 2 aliphatic rings. The average Bonchev–Trinajstić information content (AvgIpc) is 2.63. The summed E-state index contributed by atoms with van der Waals surface area (Å²) in [5.41, 5.74) is 1.45. The summed E-state index contributed by atoms with van der Waals surface area (Å²) in [4.78, 5) is 0. The van der Waals surface area contributed by atoms with Gasteiger partial charge in [0.2, 0.25) is 0 Å². The van der Waals surface area contributed by atoms with Crippen molar-refractivity contribution >= 4 is 11.6 Å². The van der Waals surface area contributed by atoms with E-state index in [0.717, 1.165) is 28.7 Å². The molecule has 0 heterocycles. The van der Waals surface area contributed by atoms with E-state index in [9.17, 15) is 0 Å². The van der Waals surface area contributed by atoms with Crippen LogP contribution in [0.1, 0.15) is 70.3 Å². The highest BCUT2D eigenvalue weighted by molar-refractivity contribution is 6.30. The number of aryl methyl sites for hydroxylation is 1. The first-order valence-electron chi connectivity index (χ1n) is 10.1. The van der Waals surface area contributed by atoms with Crippen molar-refractivity contribution in [2.75, 3.05) is 0 Å². The summed E-state index contributed by atoms with van der Waals surface area (Å²) in [6.07, 6.45) is 19.0. The van der Waals surface area contributed by atoms with Crippen molar-refractivity contribution in [2.24, 2.45) is 23.7 Å². The van der Waals surface area contributed by atoms with Crippen molar-refractivity contribution in [2.45, 2.75) is 71.1 Å². The lowest BCUT2D eigenvalue weighted by Gasteiger charge is -2.37. The van der Waals surface area contributed by atoms with Gasteiger partial charge < -0.3 is 0 Å². The van der Waals surface area contributed by atoms with Crippen LogP contribution in [0.5, 0.6) is 0 Å². The molecule has 0 aliphatic heterocycles. The number of halogens is 1. The van der Waals surface area contributed by atoms with Gasteiger partial charge in [-0.3, -0.25) is 0 Å². The zero-order valence-electron chi connectivity index (χ0n) is 15.2. The van der Waals surface area contributed by atoms with Gasteiger partial charge in [0.1, 0.15) is 0 Å². The molecule has 0 N–H and O–H groups in total. The van der Waals surface area contributed by atoms with Crippen molar-refractivity contribution in [1.29, 1.82) is 0 Å². The lowest BCUT2D eigenvalue weighted by atomic mass is 9.68. The second kappa shape index (κ2) is 9.09. The summed E-state index contributed by atoms with van der Waals surface area (Å²) in [5.74, 6) is 3.89. The van der Waals surface area contributed by atoms with Crippen LogP contribution in [0.2, 0.25) is 5.02 Å². The van der Waals surface area contributed by atoms with Gasteiger partial charge in [-0.25, -0.2) is 0 Å². The Morgan fingerprint density at radius 3 is 2.04 bits per heavy atom. The maximum absolute atomic E-state index is 5.97. The number of benzene rings is 1. The molecule has 1 heteroatoms. The van der Waals surface area contributed by atoms with Gasteiger partial charge in [0.15, 0.2) is 0 Å². The molecule has 1 aromatic carbocycles. The zero-order chi connectivity index (χ0) is 16.8. The van der Waals surface area contributed by atoms with Crippen molar-refractivity contribution in [3.05, 3.63) is 47.0 Å². The highest BCUT2D eigenvalue weighted by atomic mass is 35.5. The van der Waals surface area contributed by atoms with Gasteiger partial charge in [-0.05, 0) is 99.7 Å². The monoisotopic (exact) mass is 344 g/mol. The van der Waals surface area contributed by atoms with Crippen molar-refractivity contribution in [3.63, 3.8) is 0 Å². The molecule has 0 radical (unpaired) electrons. The standard InChI is InChI=1S/C23H33Cl/c1-2-3-18-6-12-21(13-7-18)22-14-8-19(9-15-22)4-5-20-10-16-23(24)17-11-20/h2-3,10-11,16-19,21-22H,4-9,12-15H2,1H3. The van der Waals surface area contributed by atoms with E-state index in [1.807, 2.05) is 12.1 Å². The van der Waals surface area contributed by atoms with Gasteiger partial charge in [-0.1, -0.05) is 48.7 Å². The van der Waals surface area contributed by atoms with Crippen LogP contribution in [-0.2, 0) is 6.42 Å². The smallest absolute Gasteiger partial charge is 0.0406 e. The van der Waals surface area contributed by atoms with E-state index in [1.165, 1.54) is 69.8 Å². The largest absolute Gasteiger partial charge is 0.0914 e. The predicted molar refractivity (Wildman–Crippen MR) is 105 cm³/mol. The summed E-state index contributed by atoms with van der Waals surface area (Å²) in [6, 6.07) is 8.43. The molecule has 0 amide bonds. The van der Waals surface area contributed by atoms with Crippen LogP contribution in [-0.4, -0.2) is 0 Å². The quantitative estimate of drug-likeness (QED) is 0.486. The SMILES string of the molecule is CC=CC1CCC(C2CCC(CCc3ccc(Cl)cc3)CC2)CC1. The Kier molecular flexibility index (Phi) is 6.84. The topological polar surface area (TPSA) is 0 Å². The zero-order valence-corrected chi connectivity index (χ0v) is 16.0. The average molecular weight is 345 g/mol. The van der Waals surface area contributed by atoms with Crippen molar-refractivity contribution in [3.8, 4) is 0 Å². The van der Waals surface area contributed by atoms with Crippen LogP contribution in [0.25, 0.3) is 0 Å². The molecule has 1 aromatic rings. The third-order valence-corrected chi connectivity index (χ3v) is 6.85. The Bertz CT molecular complexity index is 499. The minimum Gasteiger partial charge on any atom is -0.0914 e. The van der Waals surface area contributed by atoms with Gasteiger partial charge in [0.05, 0.1) is 0 Å². The number of allylic oxidation sites excluding steroid dienone is 2. The molecule has 0 unspecified atom stereocenters. The maximum Gasteiger partial charge on any atom is 0.0406 e. The summed E-state index contributed by atoms with van der Waals surface area (Å²) in [5, 5.41) is 0.850. The highest BCUT2D eigenvalue weighted by Gasteiger charge is 2.30. The molecule has 0 bridgehead atoms. The van der Waals surface area contributed by atoms with Gasteiger partial charge in [0.25, 0.3) is 0 Å². The number of rotatable bonds is 5. The molecule has 3 rings (SSSR count). The van der Waals surface area contributed by atoms with Crippen LogP contribution >= 0.6 is 11.6 Å². The second-order valence-corrected chi connectivity index (χ2v) is 8.58. The first kappa shape index (κ1) is 18.1. The molecule has 2 fully saturated rings. The Balaban J connectivity index is 1.37. The van der Waals surface area contributed by atoms with E-state index in [0.29, 0.717) is 0 Å². The van der Waals surface area contributed by atoms with E-state index in [1.54, 1.807) is 0 Å².